The van der Waals surface area contributed by atoms with E-state index in [0.717, 1.165) is 23.6 Å². The van der Waals surface area contributed by atoms with E-state index >= 15 is 0 Å². The highest BCUT2D eigenvalue weighted by atomic mass is 32.2. The summed E-state index contributed by atoms with van der Waals surface area (Å²) < 4.78 is 45.8. The second-order valence-electron chi connectivity index (χ2n) is 11.0. The summed E-state index contributed by atoms with van der Waals surface area (Å²) in [6, 6.07) is 11.2. The quantitative estimate of drug-likeness (QED) is 0.300. The van der Waals surface area contributed by atoms with Crippen molar-refractivity contribution in [2.45, 2.75) is 44.8 Å². The highest BCUT2D eigenvalue weighted by Crippen LogP contribution is 2.34. The van der Waals surface area contributed by atoms with Gasteiger partial charge < -0.3 is 14.8 Å². The first-order valence-corrected chi connectivity index (χ1v) is 15.1. The number of aryl methyl sites for hydroxylation is 2. The first-order valence-electron chi connectivity index (χ1n) is 13.6. The smallest absolute Gasteiger partial charge is 0.268 e. The lowest BCUT2D eigenvalue weighted by Crippen LogP contribution is -2.29. The Balaban J connectivity index is 1.46. The van der Waals surface area contributed by atoms with Crippen LogP contribution in [0.1, 0.15) is 42.1 Å². The number of aromatic nitrogens is 4. The number of sulfonamides is 1. The van der Waals surface area contributed by atoms with Gasteiger partial charge in [-0.05, 0) is 60.9 Å². The molecular formula is C30H30FN7O4S. The number of nitrogens with one attached hydrogen (secondary N) is 2. The van der Waals surface area contributed by atoms with Crippen molar-refractivity contribution in [3.05, 3.63) is 87.2 Å². The maximum atomic E-state index is 13.9. The number of anilines is 2. The van der Waals surface area contributed by atoms with Gasteiger partial charge in [-0.3, -0.25) is 14.2 Å². The molecule has 43 heavy (non-hydrogen) atoms. The maximum Gasteiger partial charge on any atom is 0.268 e. The Morgan fingerprint density at radius 2 is 1.79 bits per heavy atom. The summed E-state index contributed by atoms with van der Waals surface area (Å²) in [6.07, 6.45) is 1.50. The summed E-state index contributed by atoms with van der Waals surface area (Å²) in [5, 5.41) is 3.71. The van der Waals surface area contributed by atoms with Crippen LogP contribution in [0.4, 0.5) is 16.0 Å². The Labute approximate surface area is 247 Å². The lowest BCUT2D eigenvalue weighted by Gasteiger charge is -2.23. The highest BCUT2D eigenvalue weighted by molar-refractivity contribution is 7.90. The van der Waals surface area contributed by atoms with Crippen molar-refractivity contribution in [2.24, 2.45) is 14.1 Å². The van der Waals surface area contributed by atoms with Gasteiger partial charge in [0, 0.05) is 39.7 Å². The lowest BCUT2D eigenvalue weighted by atomic mass is 10.0. The minimum absolute atomic E-state index is 0.156. The number of fused-ring (bicyclic) bond motifs is 3. The van der Waals surface area contributed by atoms with Gasteiger partial charge in [0.05, 0.1) is 34.5 Å². The molecule has 1 aliphatic rings. The average Bonchev–Trinajstić information content (AvgIpc) is 3.52. The van der Waals surface area contributed by atoms with E-state index in [0.29, 0.717) is 41.0 Å². The van der Waals surface area contributed by atoms with E-state index in [1.165, 1.54) is 23.0 Å². The Morgan fingerprint density at radius 3 is 2.53 bits per heavy atom. The van der Waals surface area contributed by atoms with Crippen LogP contribution in [0.25, 0.3) is 21.9 Å². The Hall–Kier alpha value is -4.78. The third-order valence-corrected chi connectivity index (χ3v) is 9.25. The summed E-state index contributed by atoms with van der Waals surface area (Å²) in [6.45, 7) is 5.73. The summed E-state index contributed by atoms with van der Waals surface area (Å²) in [5.41, 5.74) is 4.58. The van der Waals surface area contributed by atoms with Crippen molar-refractivity contribution in [3.8, 4) is 0 Å². The molecule has 0 unspecified atom stereocenters. The van der Waals surface area contributed by atoms with Crippen LogP contribution < -0.4 is 20.5 Å². The molecule has 2 aromatic heterocycles. The molecule has 0 aliphatic carbocycles. The Bertz CT molecular complexity index is 2140. The standard InChI is InChI=1S/C30H30FN7O4S/c1-16-10-22(17(2)33-24-8-9-25-27(32-15-36(25)4)28(24)43(41,42)35-18(3)39)26-23(11-16)29(40)37(5)30(34-26)38-13-19-6-7-21(31)12-20(19)14-38/h6-12,15,17,33H,13-14H2,1-5H3,(H,35,39)/t17-/m1/s1. The molecule has 0 bridgehead atoms. The molecule has 5 aromatic rings. The van der Waals surface area contributed by atoms with Gasteiger partial charge in [-0.15, -0.1) is 0 Å². The van der Waals surface area contributed by atoms with Crippen LogP contribution >= 0.6 is 0 Å². The van der Waals surface area contributed by atoms with E-state index in [-0.39, 0.29) is 27.5 Å². The molecule has 0 radical (unpaired) electrons. The fourth-order valence-corrected chi connectivity index (χ4v) is 7.08. The predicted octanol–water partition coefficient (Wildman–Crippen LogP) is 3.79. The number of carbonyl (C=O) groups excluding carboxylic acids is 1. The van der Waals surface area contributed by atoms with Crippen molar-refractivity contribution in [1.82, 2.24) is 23.8 Å². The van der Waals surface area contributed by atoms with E-state index in [1.807, 2.05) is 24.8 Å². The Morgan fingerprint density at radius 1 is 1.05 bits per heavy atom. The number of benzene rings is 3. The van der Waals surface area contributed by atoms with E-state index in [4.69, 9.17) is 4.98 Å². The third-order valence-electron chi connectivity index (χ3n) is 7.74. The van der Waals surface area contributed by atoms with Gasteiger partial charge in [0.1, 0.15) is 16.2 Å². The number of nitrogens with zero attached hydrogens (tertiary/aromatic N) is 5. The molecule has 1 amide bonds. The number of carbonyl (C=O) groups is 1. The molecule has 1 atom stereocenters. The zero-order valence-corrected chi connectivity index (χ0v) is 25.1. The SMILES string of the molecule is CC(=O)NS(=O)(=O)c1c(N[C@H](C)c2cc(C)cc3c(=O)n(C)c(N4Cc5ccc(F)cc5C4)nc23)ccc2c1ncn2C. The molecule has 6 rings (SSSR count). The monoisotopic (exact) mass is 603 g/mol. The second kappa shape index (κ2) is 10.2. The zero-order valence-electron chi connectivity index (χ0n) is 24.3. The van der Waals surface area contributed by atoms with Crippen LogP contribution in [-0.2, 0) is 42.0 Å². The van der Waals surface area contributed by atoms with Gasteiger partial charge in [0.25, 0.3) is 15.6 Å². The normalized spacial score (nSPS) is 13.9. The van der Waals surface area contributed by atoms with Gasteiger partial charge in [-0.25, -0.2) is 27.5 Å². The lowest BCUT2D eigenvalue weighted by molar-refractivity contribution is -0.117. The fraction of sp³-hybridized carbons (Fsp3) is 0.267. The largest absolute Gasteiger partial charge is 0.377 e. The Kier molecular flexibility index (Phi) is 6.72. The molecule has 0 saturated heterocycles. The maximum absolute atomic E-state index is 13.9. The molecule has 11 nitrogen and oxygen atoms in total. The molecule has 3 heterocycles. The molecule has 3 aromatic carbocycles. The van der Waals surface area contributed by atoms with Crippen LogP contribution in [-0.4, -0.2) is 33.4 Å². The summed E-state index contributed by atoms with van der Waals surface area (Å²) in [4.78, 5) is 36.5. The van der Waals surface area contributed by atoms with Gasteiger partial charge >= 0.3 is 0 Å². The molecule has 0 fully saturated rings. The van der Waals surface area contributed by atoms with E-state index in [9.17, 15) is 22.4 Å². The number of hydrogen-bond donors (Lipinski definition) is 2. The van der Waals surface area contributed by atoms with Gasteiger partial charge in [-0.2, -0.15) is 0 Å². The third kappa shape index (κ3) is 4.88. The van der Waals surface area contributed by atoms with E-state index < -0.39 is 22.0 Å². The molecule has 0 spiro atoms. The topological polar surface area (TPSA) is 131 Å². The molecule has 0 saturated carbocycles. The summed E-state index contributed by atoms with van der Waals surface area (Å²) >= 11 is 0. The van der Waals surface area contributed by atoms with E-state index in [2.05, 4.69) is 15.0 Å². The first kappa shape index (κ1) is 28.3. The number of amides is 1. The number of hydrogen-bond acceptors (Lipinski definition) is 8. The first-order chi connectivity index (χ1) is 20.3. The number of imidazole rings is 1. The van der Waals surface area contributed by atoms with Crippen LogP contribution in [0.5, 0.6) is 0 Å². The molecule has 222 valence electrons. The molecule has 2 N–H and O–H groups in total. The van der Waals surface area contributed by atoms with Crippen LogP contribution in [0.15, 0.2) is 58.5 Å². The number of rotatable bonds is 6. The van der Waals surface area contributed by atoms with Crippen molar-refractivity contribution >= 4 is 49.5 Å². The highest BCUT2D eigenvalue weighted by Gasteiger charge is 2.28. The van der Waals surface area contributed by atoms with Crippen LogP contribution in [0, 0.1) is 12.7 Å². The summed E-state index contributed by atoms with van der Waals surface area (Å²) in [5.74, 6) is -0.603. The zero-order chi connectivity index (χ0) is 30.8. The minimum atomic E-state index is -4.28. The molecule has 13 heteroatoms. The fourth-order valence-electron chi connectivity index (χ4n) is 5.77. The van der Waals surface area contributed by atoms with Crippen molar-refractivity contribution in [3.63, 3.8) is 0 Å². The van der Waals surface area contributed by atoms with Gasteiger partial charge in [0.15, 0.2) is 0 Å². The van der Waals surface area contributed by atoms with Crippen LogP contribution in [0.2, 0.25) is 0 Å². The number of halogens is 1. The van der Waals surface area contributed by atoms with Crippen LogP contribution in [0.3, 0.4) is 0 Å². The van der Waals surface area contributed by atoms with Crippen molar-refractivity contribution in [2.75, 3.05) is 10.2 Å². The molecular weight excluding hydrogens is 573 g/mol. The van der Waals surface area contributed by atoms with Crippen molar-refractivity contribution < 1.29 is 17.6 Å². The second-order valence-corrected chi connectivity index (χ2v) is 12.6. The average molecular weight is 604 g/mol. The van der Waals surface area contributed by atoms with Crippen molar-refractivity contribution in [1.29, 1.82) is 0 Å². The van der Waals surface area contributed by atoms with Gasteiger partial charge in [0.2, 0.25) is 11.9 Å². The summed E-state index contributed by atoms with van der Waals surface area (Å²) in [7, 11) is -0.868. The molecule has 1 aliphatic heterocycles. The van der Waals surface area contributed by atoms with E-state index in [1.54, 1.807) is 42.9 Å². The van der Waals surface area contributed by atoms with Gasteiger partial charge in [-0.1, -0.05) is 12.1 Å². The minimum Gasteiger partial charge on any atom is -0.377 e. The predicted molar refractivity (Wildman–Crippen MR) is 162 cm³/mol.